The summed E-state index contributed by atoms with van der Waals surface area (Å²) < 4.78 is 4.25. The van der Waals surface area contributed by atoms with Crippen LogP contribution in [0.25, 0.3) is 0 Å². The van der Waals surface area contributed by atoms with Gasteiger partial charge in [0.15, 0.2) is 5.84 Å². The first kappa shape index (κ1) is 8.48. The minimum Gasteiger partial charge on any atom is -0.453 e. The van der Waals surface area contributed by atoms with Gasteiger partial charge in [-0.2, -0.15) is 5.10 Å². The number of ether oxygens (including phenoxy) is 1. The second kappa shape index (κ2) is 4.37. The summed E-state index contributed by atoms with van der Waals surface area (Å²) in [6.45, 7) is 3.34. The van der Waals surface area contributed by atoms with Crippen molar-refractivity contribution < 1.29 is 9.53 Å². The number of carbonyl (C=O) groups is 1. The zero-order valence-corrected chi connectivity index (χ0v) is 5.63. The molecule has 0 spiro atoms. The molecule has 0 aromatic rings. The van der Waals surface area contributed by atoms with Gasteiger partial charge in [0.1, 0.15) is 0 Å². The zero-order chi connectivity index (χ0) is 7.98. The summed E-state index contributed by atoms with van der Waals surface area (Å²) in [5, 5.41) is 5.39. The lowest BCUT2D eigenvalue weighted by Gasteiger charge is -1.99. The van der Waals surface area contributed by atoms with Crippen molar-refractivity contribution >= 4 is 11.9 Å². The molecule has 0 aliphatic carbocycles. The van der Waals surface area contributed by atoms with Crippen molar-refractivity contribution in [2.45, 2.75) is 0 Å². The van der Waals surface area contributed by atoms with Crippen LogP contribution in [0, 0.1) is 0 Å². The van der Waals surface area contributed by atoms with Crippen LogP contribution in [0.3, 0.4) is 0 Å². The number of amides is 1. The summed E-state index contributed by atoms with van der Waals surface area (Å²) >= 11 is 0. The van der Waals surface area contributed by atoms with Gasteiger partial charge < -0.3 is 10.6 Å². The molecule has 0 aromatic carbocycles. The second-order valence-electron chi connectivity index (χ2n) is 1.34. The highest BCUT2D eigenvalue weighted by molar-refractivity contribution is 6.01. The first-order valence-electron chi connectivity index (χ1n) is 2.50. The highest BCUT2D eigenvalue weighted by Crippen LogP contribution is 1.74. The predicted molar refractivity (Wildman–Crippen MR) is 37.4 cm³/mol. The summed E-state index contributed by atoms with van der Waals surface area (Å²) in [6.07, 6.45) is 0.681. The molecule has 0 atom stereocenters. The van der Waals surface area contributed by atoms with Gasteiger partial charge in [0.2, 0.25) is 0 Å². The number of hydrazone groups is 1. The van der Waals surface area contributed by atoms with E-state index >= 15 is 0 Å². The molecule has 10 heavy (non-hydrogen) atoms. The van der Waals surface area contributed by atoms with Gasteiger partial charge in [-0.1, -0.05) is 6.58 Å². The Morgan fingerprint density at radius 2 is 2.50 bits per heavy atom. The Bertz CT molecular complexity index is 164. The number of methoxy groups -OCH3 is 1. The summed E-state index contributed by atoms with van der Waals surface area (Å²) in [5.41, 5.74) is 0. The van der Waals surface area contributed by atoms with E-state index in [0.29, 0.717) is 0 Å². The van der Waals surface area contributed by atoms with E-state index in [2.05, 4.69) is 21.7 Å². The van der Waals surface area contributed by atoms with Gasteiger partial charge in [-0.3, -0.25) is 5.32 Å². The standard InChI is InChI=1S/C5H9N3O2/c1-3-4(8-6)7-5(9)10-2/h3H,1,6H2,2H3,(H,7,8,9). The van der Waals surface area contributed by atoms with Gasteiger partial charge in [-0.15, -0.1) is 0 Å². The Kier molecular flexibility index (Phi) is 3.70. The highest BCUT2D eigenvalue weighted by Gasteiger charge is 1.99. The fraction of sp³-hybridized carbons (Fsp3) is 0.200. The molecular formula is C5H9N3O2. The van der Waals surface area contributed by atoms with E-state index < -0.39 is 6.09 Å². The summed E-state index contributed by atoms with van der Waals surface area (Å²) in [7, 11) is 1.24. The van der Waals surface area contributed by atoms with Crippen molar-refractivity contribution in [2.75, 3.05) is 7.11 Å². The van der Waals surface area contributed by atoms with E-state index in [1.165, 1.54) is 13.2 Å². The fourth-order valence-corrected chi connectivity index (χ4v) is 0.292. The molecule has 0 rings (SSSR count). The predicted octanol–water partition coefficient (Wildman–Crippen LogP) is -0.199. The Balaban J connectivity index is 3.87. The molecule has 1 amide bonds. The van der Waals surface area contributed by atoms with Crippen LogP contribution in [0.5, 0.6) is 0 Å². The third-order valence-electron chi connectivity index (χ3n) is 0.748. The quantitative estimate of drug-likeness (QED) is 0.231. The van der Waals surface area contributed by atoms with Crippen LogP contribution in [0.4, 0.5) is 4.79 Å². The maximum Gasteiger partial charge on any atom is 0.412 e. The molecule has 0 bridgehead atoms. The molecule has 0 aromatic heterocycles. The minimum atomic E-state index is -0.621. The topological polar surface area (TPSA) is 76.7 Å². The van der Waals surface area contributed by atoms with Crippen molar-refractivity contribution in [2.24, 2.45) is 10.9 Å². The molecule has 0 unspecified atom stereocenters. The van der Waals surface area contributed by atoms with Crippen LogP contribution < -0.4 is 11.2 Å². The number of rotatable bonds is 1. The van der Waals surface area contributed by atoms with Crippen LogP contribution in [0.2, 0.25) is 0 Å². The van der Waals surface area contributed by atoms with Crippen LogP contribution in [0.15, 0.2) is 17.8 Å². The molecule has 0 saturated carbocycles. The van der Waals surface area contributed by atoms with Gasteiger partial charge in [0.25, 0.3) is 0 Å². The van der Waals surface area contributed by atoms with E-state index in [0.717, 1.165) is 0 Å². The monoisotopic (exact) mass is 143 g/mol. The molecule has 0 fully saturated rings. The van der Waals surface area contributed by atoms with Crippen LogP contribution in [-0.4, -0.2) is 19.0 Å². The number of alkyl carbamates (subject to hydrolysis) is 1. The maximum absolute atomic E-state index is 10.4. The molecule has 56 valence electrons. The number of nitrogens with zero attached hydrogens (tertiary/aromatic N) is 1. The number of nitrogens with two attached hydrogens (primary N) is 1. The Hall–Kier alpha value is -1.52. The molecule has 0 heterocycles. The summed E-state index contributed by atoms with van der Waals surface area (Å²) in [4.78, 5) is 10.4. The van der Waals surface area contributed by atoms with Crippen LogP contribution >= 0.6 is 0 Å². The molecule has 0 aliphatic rings. The lowest BCUT2D eigenvalue weighted by atomic mass is 10.6. The number of hydrogen-bond donors (Lipinski definition) is 2. The Morgan fingerprint density at radius 3 is 2.80 bits per heavy atom. The van der Waals surface area contributed by atoms with Crippen molar-refractivity contribution in [3.63, 3.8) is 0 Å². The van der Waals surface area contributed by atoms with E-state index in [-0.39, 0.29) is 5.84 Å². The van der Waals surface area contributed by atoms with Crippen molar-refractivity contribution in [1.29, 1.82) is 0 Å². The number of nitrogens with one attached hydrogen (secondary N) is 1. The number of amidine groups is 1. The van der Waals surface area contributed by atoms with Crippen molar-refractivity contribution in [3.8, 4) is 0 Å². The van der Waals surface area contributed by atoms with Crippen LogP contribution in [0.1, 0.15) is 0 Å². The van der Waals surface area contributed by atoms with E-state index in [1.807, 2.05) is 0 Å². The normalized spacial score (nSPS) is 10.3. The maximum atomic E-state index is 10.4. The smallest absolute Gasteiger partial charge is 0.412 e. The van der Waals surface area contributed by atoms with Gasteiger partial charge >= 0.3 is 6.09 Å². The first-order valence-corrected chi connectivity index (χ1v) is 2.50. The lowest BCUT2D eigenvalue weighted by molar-refractivity contribution is 0.177. The number of carbonyl (C=O) groups excluding carboxylic acids is 1. The zero-order valence-electron chi connectivity index (χ0n) is 5.63. The van der Waals surface area contributed by atoms with Crippen molar-refractivity contribution in [1.82, 2.24) is 5.32 Å². The van der Waals surface area contributed by atoms with Gasteiger partial charge in [-0.25, -0.2) is 4.79 Å². The van der Waals surface area contributed by atoms with E-state index in [9.17, 15) is 4.79 Å². The molecule has 0 aliphatic heterocycles. The average Bonchev–Trinajstić information content (AvgIpc) is 1.99. The molecule has 0 saturated heterocycles. The largest absolute Gasteiger partial charge is 0.453 e. The minimum absolute atomic E-state index is 0.173. The first-order chi connectivity index (χ1) is 4.74. The lowest BCUT2D eigenvalue weighted by Crippen LogP contribution is -2.29. The Labute approximate surface area is 58.5 Å². The summed E-state index contributed by atoms with van der Waals surface area (Å²) in [6, 6.07) is 0. The van der Waals surface area contributed by atoms with Gasteiger partial charge in [0.05, 0.1) is 7.11 Å². The SMILES string of the molecule is C=C/C(=N/N)NC(=O)OC. The second-order valence-corrected chi connectivity index (χ2v) is 1.34. The van der Waals surface area contributed by atoms with E-state index in [4.69, 9.17) is 5.84 Å². The number of hydrogen-bond acceptors (Lipinski definition) is 4. The third kappa shape index (κ3) is 2.71. The third-order valence-corrected chi connectivity index (χ3v) is 0.748. The average molecular weight is 143 g/mol. The van der Waals surface area contributed by atoms with Gasteiger partial charge in [0, 0.05) is 0 Å². The fourth-order valence-electron chi connectivity index (χ4n) is 0.292. The van der Waals surface area contributed by atoms with Crippen LogP contribution in [-0.2, 0) is 4.74 Å². The van der Waals surface area contributed by atoms with Crippen molar-refractivity contribution in [3.05, 3.63) is 12.7 Å². The molecular weight excluding hydrogens is 134 g/mol. The molecule has 5 nitrogen and oxygen atoms in total. The molecule has 3 N–H and O–H groups in total. The highest BCUT2D eigenvalue weighted by atomic mass is 16.5. The molecule has 0 radical (unpaired) electrons. The molecule has 5 heteroatoms. The van der Waals surface area contributed by atoms with Gasteiger partial charge in [-0.05, 0) is 6.08 Å². The van der Waals surface area contributed by atoms with E-state index in [1.54, 1.807) is 0 Å². The summed E-state index contributed by atoms with van der Waals surface area (Å²) in [5.74, 6) is 5.01. The Morgan fingerprint density at radius 1 is 1.90 bits per heavy atom.